The minimum Gasteiger partial charge on any atom is -0.481 e. The first kappa shape index (κ1) is 17.0. The van der Waals surface area contributed by atoms with Crippen LogP contribution in [0.2, 0.25) is 0 Å². The third-order valence-corrected chi connectivity index (χ3v) is 3.16. The summed E-state index contributed by atoms with van der Waals surface area (Å²) in [4.78, 5) is 24.5. The number of anilines is 2. The van der Waals surface area contributed by atoms with Gasteiger partial charge in [-0.05, 0) is 45.0 Å². The highest BCUT2D eigenvalue weighted by atomic mass is 16.4. The zero-order valence-electron chi connectivity index (χ0n) is 12.7. The highest BCUT2D eigenvalue weighted by molar-refractivity contribution is 5.96. The Balaban J connectivity index is 2.70. The predicted molar refractivity (Wildman–Crippen MR) is 83.5 cm³/mol. The number of nitrogens with zero attached hydrogens (tertiary/aromatic N) is 1. The molecule has 0 fully saturated rings. The number of carbonyl (C=O) groups excluding carboxylic acids is 1. The molecule has 0 aliphatic carbocycles. The lowest BCUT2D eigenvalue weighted by molar-refractivity contribution is -0.138. The average Bonchev–Trinajstić information content (AvgIpc) is 2.40. The molecule has 1 unspecified atom stereocenters. The van der Waals surface area contributed by atoms with Crippen LogP contribution in [0.15, 0.2) is 24.3 Å². The summed E-state index contributed by atoms with van der Waals surface area (Å²) in [6.45, 7) is 7.21. The summed E-state index contributed by atoms with van der Waals surface area (Å²) >= 11 is 0. The fourth-order valence-electron chi connectivity index (χ4n) is 2.10. The molecular formula is C15H23N3O3. The number of rotatable bonds is 7. The Kier molecular flexibility index (Phi) is 6.17. The number of carbonyl (C=O) groups is 2. The fourth-order valence-corrected chi connectivity index (χ4v) is 2.10. The van der Waals surface area contributed by atoms with E-state index in [2.05, 4.69) is 31.0 Å². The van der Waals surface area contributed by atoms with Crippen molar-refractivity contribution < 1.29 is 14.7 Å². The molecule has 0 saturated carbocycles. The van der Waals surface area contributed by atoms with E-state index in [1.807, 2.05) is 12.1 Å². The van der Waals surface area contributed by atoms with Crippen LogP contribution in [0.25, 0.3) is 0 Å². The van der Waals surface area contributed by atoms with Gasteiger partial charge in [0.15, 0.2) is 0 Å². The number of nitrogens with one attached hydrogen (secondary N) is 1. The highest BCUT2D eigenvalue weighted by Gasteiger charge is 2.17. The molecule has 0 aliphatic rings. The maximum absolute atomic E-state index is 11.7. The summed E-state index contributed by atoms with van der Waals surface area (Å²) < 4.78 is 0. The first-order chi connectivity index (χ1) is 9.85. The van der Waals surface area contributed by atoms with Crippen LogP contribution in [-0.4, -0.2) is 35.6 Å². The van der Waals surface area contributed by atoms with E-state index in [0.29, 0.717) is 11.7 Å². The molecule has 6 nitrogen and oxygen atoms in total. The van der Waals surface area contributed by atoms with Gasteiger partial charge in [-0.2, -0.15) is 0 Å². The topological polar surface area (TPSA) is 95.7 Å². The maximum Gasteiger partial charge on any atom is 0.305 e. The summed E-state index contributed by atoms with van der Waals surface area (Å²) in [7, 11) is 0. The van der Waals surface area contributed by atoms with Gasteiger partial charge in [-0.3, -0.25) is 9.59 Å². The Labute approximate surface area is 124 Å². The molecule has 0 aliphatic heterocycles. The molecule has 21 heavy (non-hydrogen) atoms. The summed E-state index contributed by atoms with van der Waals surface area (Å²) in [5.41, 5.74) is 7.18. The minimum absolute atomic E-state index is 0.388. The minimum atomic E-state index is -1.09. The Bertz CT molecular complexity index is 485. The Hall–Kier alpha value is -2.08. The molecule has 0 aromatic heterocycles. The van der Waals surface area contributed by atoms with Gasteiger partial charge in [-0.15, -0.1) is 0 Å². The molecule has 0 saturated heterocycles. The highest BCUT2D eigenvalue weighted by Crippen LogP contribution is 2.20. The van der Waals surface area contributed by atoms with Gasteiger partial charge in [0.05, 0.1) is 12.5 Å². The third-order valence-electron chi connectivity index (χ3n) is 3.16. The molecule has 0 spiro atoms. The largest absolute Gasteiger partial charge is 0.481 e. The van der Waals surface area contributed by atoms with Crippen molar-refractivity contribution in [2.75, 3.05) is 16.8 Å². The molecule has 0 bridgehead atoms. The van der Waals surface area contributed by atoms with Crippen molar-refractivity contribution in [3.63, 3.8) is 0 Å². The van der Waals surface area contributed by atoms with Crippen LogP contribution >= 0.6 is 0 Å². The van der Waals surface area contributed by atoms with Crippen LogP contribution in [0.3, 0.4) is 0 Å². The Morgan fingerprint density at radius 1 is 1.29 bits per heavy atom. The van der Waals surface area contributed by atoms with Crippen molar-refractivity contribution in [1.29, 1.82) is 0 Å². The fraction of sp³-hybridized carbons (Fsp3) is 0.467. The molecule has 0 heterocycles. The second-order valence-electron chi connectivity index (χ2n) is 5.12. The molecule has 1 rings (SSSR count). The predicted octanol–water partition coefficient (Wildman–Crippen LogP) is 1.66. The number of carboxylic acid groups (broad SMARTS) is 1. The molecule has 6 heteroatoms. The van der Waals surface area contributed by atoms with E-state index in [1.54, 1.807) is 12.1 Å². The normalized spacial score (nSPS) is 12.0. The molecular weight excluding hydrogens is 270 g/mol. The summed E-state index contributed by atoms with van der Waals surface area (Å²) in [5.74, 6) is -1.59. The lowest BCUT2D eigenvalue weighted by Gasteiger charge is -2.27. The quantitative estimate of drug-likeness (QED) is 0.710. The van der Waals surface area contributed by atoms with Crippen molar-refractivity contribution in [2.45, 2.75) is 39.3 Å². The van der Waals surface area contributed by atoms with Crippen LogP contribution < -0.4 is 16.0 Å². The van der Waals surface area contributed by atoms with E-state index in [-0.39, 0.29) is 6.42 Å². The zero-order chi connectivity index (χ0) is 16.0. The third kappa shape index (κ3) is 5.07. The van der Waals surface area contributed by atoms with E-state index >= 15 is 0 Å². The molecule has 1 amide bonds. The maximum atomic E-state index is 11.7. The van der Waals surface area contributed by atoms with E-state index < -0.39 is 17.9 Å². The van der Waals surface area contributed by atoms with Crippen molar-refractivity contribution in [3.05, 3.63) is 24.3 Å². The monoisotopic (exact) mass is 293 g/mol. The lowest BCUT2D eigenvalue weighted by Crippen LogP contribution is -2.37. The van der Waals surface area contributed by atoms with Gasteiger partial charge >= 0.3 is 5.97 Å². The van der Waals surface area contributed by atoms with Gasteiger partial charge < -0.3 is 21.1 Å². The van der Waals surface area contributed by atoms with Crippen LogP contribution in [0.4, 0.5) is 11.4 Å². The van der Waals surface area contributed by atoms with Gasteiger partial charge in [0.25, 0.3) is 0 Å². The average molecular weight is 293 g/mol. The molecule has 1 aromatic carbocycles. The van der Waals surface area contributed by atoms with E-state index in [0.717, 1.165) is 12.2 Å². The Morgan fingerprint density at radius 3 is 2.29 bits per heavy atom. The molecule has 1 atom stereocenters. The second kappa shape index (κ2) is 7.64. The molecule has 4 N–H and O–H groups in total. The van der Waals surface area contributed by atoms with E-state index in [4.69, 9.17) is 10.8 Å². The number of hydrogen-bond donors (Lipinski definition) is 3. The van der Waals surface area contributed by atoms with Crippen LogP contribution in [-0.2, 0) is 9.59 Å². The van der Waals surface area contributed by atoms with Gasteiger partial charge in [0.2, 0.25) is 5.91 Å². The second-order valence-corrected chi connectivity index (χ2v) is 5.12. The Morgan fingerprint density at radius 2 is 1.86 bits per heavy atom. The van der Waals surface area contributed by atoms with Gasteiger partial charge in [0.1, 0.15) is 0 Å². The first-order valence-electron chi connectivity index (χ1n) is 7.00. The summed E-state index contributed by atoms with van der Waals surface area (Å²) in [6.07, 6.45) is -0.388. The molecule has 1 aromatic rings. The SMILES string of the molecule is CCN(c1ccc(NC(=O)C(N)CC(=O)O)cc1)C(C)C. The van der Waals surface area contributed by atoms with E-state index in [1.165, 1.54) is 0 Å². The molecule has 116 valence electrons. The first-order valence-corrected chi connectivity index (χ1v) is 7.00. The van der Waals surface area contributed by atoms with Crippen molar-refractivity contribution in [3.8, 4) is 0 Å². The van der Waals surface area contributed by atoms with Crippen LogP contribution in [0.1, 0.15) is 27.2 Å². The summed E-state index contributed by atoms with van der Waals surface area (Å²) in [5, 5.41) is 11.2. The van der Waals surface area contributed by atoms with Gasteiger partial charge in [0, 0.05) is 24.0 Å². The number of aliphatic carboxylic acids is 1. The number of amides is 1. The van der Waals surface area contributed by atoms with Crippen molar-refractivity contribution in [2.24, 2.45) is 5.73 Å². The van der Waals surface area contributed by atoms with Gasteiger partial charge in [-0.1, -0.05) is 0 Å². The van der Waals surface area contributed by atoms with Crippen LogP contribution in [0.5, 0.6) is 0 Å². The van der Waals surface area contributed by atoms with Crippen molar-refractivity contribution in [1.82, 2.24) is 0 Å². The standard InChI is InChI=1S/C15H23N3O3/c1-4-18(10(2)3)12-7-5-11(6-8-12)17-15(21)13(16)9-14(19)20/h5-8,10,13H,4,9,16H2,1-3H3,(H,17,21)(H,19,20). The lowest BCUT2D eigenvalue weighted by atomic mass is 10.2. The number of nitrogens with two attached hydrogens (primary N) is 1. The number of hydrogen-bond acceptors (Lipinski definition) is 4. The summed E-state index contributed by atoms with van der Waals surface area (Å²) in [6, 6.07) is 6.74. The number of benzene rings is 1. The van der Waals surface area contributed by atoms with Crippen molar-refractivity contribution >= 4 is 23.3 Å². The smallest absolute Gasteiger partial charge is 0.305 e. The van der Waals surface area contributed by atoms with E-state index in [9.17, 15) is 9.59 Å². The van der Waals surface area contributed by atoms with Gasteiger partial charge in [-0.25, -0.2) is 0 Å². The number of carboxylic acids is 1. The van der Waals surface area contributed by atoms with Crippen LogP contribution in [0, 0.1) is 0 Å². The molecule has 0 radical (unpaired) electrons. The zero-order valence-corrected chi connectivity index (χ0v) is 12.7.